The SMILES string of the molecule is Cc1nc2nn(C3CC3)c(N(C)c3nc(-c4ccc(F)cc4)c(C#N)s3)c2cc1N1CC2(CN(C(=O)N3CCOCC3)C2)C1. The molecule has 1 aliphatic carbocycles. The van der Waals surface area contributed by atoms with Gasteiger partial charge in [0.1, 0.15) is 28.3 Å². The van der Waals surface area contributed by atoms with Gasteiger partial charge in [0.2, 0.25) is 0 Å². The molecule has 13 heteroatoms. The summed E-state index contributed by atoms with van der Waals surface area (Å²) in [4.78, 5) is 31.4. The average Bonchev–Trinajstić information content (AvgIpc) is 3.64. The monoisotopic (exact) mass is 613 g/mol. The molecule has 3 aromatic heterocycles. The molecular formula is C31H32FN9O2S. The van der Waals surface area contributed by atoms with Crippen LogP contribution in [0.2, 0.25) is 0 Å². The van der Waals surface area contributed by atoms with Gasteiger partial charge in [-0.05, 0) is 50.1 Å². The number of fused-ring (bicyclic) bond motifs is 1. The van der Waals surface area contributed by atoms with E-state index in [9.17, 15) is 14.4 Å². The molecule has 1 saturated carbocycles. The lowest BCUT2D eigenvalue weighted by Gasteiger charge is -2.61. The molecule has 4 aliphatic rings. The van der Waals surface area contributed by atoms with Crippen LogP contribution in [0.1, 0.15) is 29.5 Å². The number of thiazole rings is 1. The summed E-state index contributed by atoms with van der Waals surface area (Å²) < 4.78 is 21.0. The molecule has 0 atom stereocenters. The van der Waals surface area contributed by atoms with E-state index >= 15 is 0 Å². The molecular weight excluding hydrogens is 581 g/mol. The Morgan fingerprint density at radius 2 is 1.84 bits per heavy atom. The fourth-order valence-electron chi connectivity index (χ4n) is 6.73. The molecule has 6 heterocycles. The van der Waals surface area contributed by atoms with Gasteiger partial charge < -0.3 is 24.3 Å². The maximum absolute atomic E-state index is 13.6. The van der Waals surface area contributed by atoms with E-state index in [2.05, 4.69) is 21.7 Å². The van der Waals surface area contributed by atoms with Crippen molar-refractivity contribution >= 4 is 45.0 Å². The molecule has 1 spiro atoms. The van der Waals surface area contributed by atoms with Crippen molar-refractivity contribution < 1.29 is 13.9 Å². The summed E-state index contributed by atoms with van der Waals surface area (Å²) in [7, 11) is 1.95. The molecule has 4 aromatic rings. The summed E-state index contributed by atoms with van der Waals surface area (Å²) in [6.45, 7) is 7.91. The summed E-state index contributed by atoms with van der Waals surface area (Å²) in [5.74, 6) is 0.573. The highest BCUT2D eigenvalue weighted by Gasteiger charge is 2.54. The van der Waals surface area contributed by atoms with Gasteiger partial charge in [0.25, 0.3) is 0 Å². The minimum atomic E-state index is -0.331. The molecule has 8 rings (SSSR count). The molecule has 0 radical (unpaired) electrons. The summed E-state index contributed by atoms with van der Waals surface area (Å²) >= 11 is 1.31. The van der Waals surface area contributed by atoms with Crippen molar-refractivity contribution in [2.24, 2.45) is 5.41 Å². The molecule has 0 unspecified atom stereocenters. The van der Waals surface area contributed by atoms with Crippen LogP contribution in [0.5, 0.6) is 0 Å². The number of aryl methyl sites for hydroxylation is 1. The Balaban J connectivity index is 1.07. The first-order valence-electron chi connectivity index (χ1n) is 15.0. The molecule has 11 nitrogen and oxygen atoms in total. The Morgan fingerprint density at radius 1 is 1.11 bits per heavy atom. The van der Waals surface area contributed by atoms with Crippen LogP contribution in [-0.4, -0.2) is 95.1 Å². The van der Waals surface area contributed by atoms with E-state index in [0.717, 1.165) is 61.6 Å². The molecule has 0 bridgehead atoms. The predicted octanol–water partition coefficient (Wildman–Crippen LogP) is 4.55. The van der Waals surface area contributed by atoms with Crippen molar-refractivity contribution in [3.63, 3.8) is 0 Å². The third-order valence-electron chi connectivity index (χ3n) is 9.16. The van der Waals surface area contributed by atoms with E-state index in [-0.39, 0.29) is 17.3 Å². The van der Waals surface area contributed by atoms with Gasteiger partial charge in [-0.1, -0.05) is 11.3 Å². The van der Waals surface area contributed by atoms with E-state index in [1.807, 2.05) is 28.7 Å². The molecule has 4 fully saturated rings. The van der Waals surface area contributed by atoms with Crippen LogP contribution in [0.15, 0.2) is 30.3 Å². The number of morpholine rings is 1. The Bertz CT molecular complexity index is 1810. The number of nitriles is 1. The topological polar surface area (TPSA) is 107 Å². The zero-order valence-electron chi connectivity index (χ0n) is 24.7. The molecule has 2 amide bonds. The highest BCUT2D eigenvalue weighted by molar-refractivity contribution is 7.16. The lowest BCUT2D eigenvalue weighted by Crippen LogP contribution is -2.74. The highest BCUT2D eigenvalue weighted by atomic mass is 32.1. The number of rotatable bonds is 5. The molecule has 3 saturated heterocycles. The van der Waals surface area contributed by atoms with E-state index in [0.29, 0.717) is 59.3 Å². The number of hydrogen-bond donors (Lipinski definition) is 0. The molecule has 226 valence electrons. The van der Waals surface area contributed by atoms with Gasteiger partial charge >= 0.3 is 6.03 Å². The number of carbonyl (C=O) groups is 1. The normalized spacial score (nSPS) is 19.2. The van der Waals surface area contributed by atoms with Gasteiger partial charge in [-0.15, -0.1) is 0 Å². The first kappa shape index (κ1) is 27.3. The Labute approximate surface area is 258 Å². The highest BCUT2D eigenvalue weighted by Crippen LogP contribution is 2.47. The Morgan fingerprint density at radius 3 is 2.52 bits per heavy atom. The number of carbonyl (C=O) groups excluding carboxylic acids is 1. The van der Waals surface area contributed by atoms with Crippen LogP contribution in [-0.2, 0) is 4.74 Å². The quantitative estimate of drug-likeness (QED) is 0.323. The number of hydrogen-bond acceptors (Lipinski definition) is 9. The smallest absolute Gasteiger partial charge is 0.320 e. The molecule has 44 heavy (non-hydrogen) atoms. The van der Waals surface area contributed by atoms with Gasteiger partial charge in [-0.25, -0.2) is 23.8 Å². The number of nitrogens with zero attached hydrogens (tertiary/aromatic N) is 9. The number of pyridine rings is 1. The van der Waals surface area contributed by atoms with Gasteiger partial charge in [0.15, 0.2) is 10.8 Å². The lowest BCUT2D eigenvalue weighted by atomic mass is 9.72. The van der Waals surface area contributed by atoms with E-state index < -0.39 is 0 Å². The Hall–Kier alpha value is -4.28. The van der Waals surface area contributed by atoms with Crippen molar-refractivity contribution in [2.45, 2.75) is 25.8 Å². The largest absolute Gasteiger partial charge is 0.378 e. The Kier molecular flexibility index (Phi) is 6.29. The number of likely N-dealkylation sites (tertiary alicyclic amines) is 1. The molecule has 1 aromatic carbocycles. The van der Waals surface area contributed by atoms with Crippen molar-refractivity contribution in [1.82, 2.24) is 29.5 Å². The first-order chi connectivity index (χ1) is 21.3. The van der Waals surface area contributed by atoms with Crippen LogP contribution in [0.25, 0.3) is 22.3 Å². The second-order valence-electron chi connectivity index (χ2n) is 12.4. The first-order valence-corrected chi connectivity index (χ1v) is 15.8. The molecule has 0 N–H and O–H groups in total. The van der Waals surface area contributed by atoms with Crippen molar-refractivity contribution in [1.29, 1.82) is 5.26 Å². The zero-order valence-corrected chi connectivity index (χ0v) is 25.5. The second kappa shape index (κ2) is 10.1. The number of benzene rings is 1. The van der Waals surface area contributed by atoms with E-state index in [1.54, 1.807) is 12.1 Å². The number of halogens is 1. The fourth-order valence-corrected chi connectivity index (χ4v) is 7.58. The van der Waals surface area contributed by atoms with Gasteiger partial charge in [0.05, 0.1) is 36.0 Å². The van der Waals surface area contributed by atoms with Crippen LogP contribution < -0.4 is 9.80 Å². The van der Waals surface area contributed by atoms with Gasteiger partial charge in [0, 0.05) is 57.3 Å². The average molecular weight is 614 g/mol. The maximum Gasteiger partial charge on any atom is 0.320 e. The molecule has 3 aliphatic heterocycles. The zero-order chi connectivity index (χ0) is 30.2. The van der Waals surface area contributed by atoms with E-state index in [1.165, 1.54) is 23.5 Å². The van der Waals surface area contributed by atoms with Gasteiger partial charge in [-0.3, -0.25) is 0 Å². The maximum atomic E-state index is 13.6. The third kappa shape index (κ3) is 4.47. The number of anilines is 3. The standard InChI is InChI=1S/C31H32FN9O2S/c1-19-24(39-15-31(16-39)17-40(18-31)30(42)38-9-11-43-12-10-38)13-23-27(34-19)36-41(22-7-8-22)28(23)37(2)29-35-26(25(14-33)44-29)20-3-5-21(32)6-4-20/h3-6,13,22H,7-12,15-18H2,1-2H3. The predicted molar refractivity (Wildman–Crippen MR) is 165 cm³/mol. The minimum absolute atomic E-state index is 0.126. The summed E-state index contributed by atoms with van der Waals surface area (Å²) in [5.41, 5.74) is 4.08. The summed E-state index contributed by atoms with van der Waals surface area (Å²) in [5, 5.41) is 16.4. The number of urea groups is 1. The second-order valence-corrected chi connectivity index (χ2v) is 13.4. The van der Waals surface area contributed by atoms with Crippen molar-refractivity contribution in [3.8, 4) is 17.3 Å². The van der Waals surface area contributed by atoms with Crippen molar-refractivity contribution in [3.05, 3.63) is 46.7 Å². The number of ether oxygens (including phenoxy) is 1. The summed E-state index contributed by atoms with van der Waals surface area (Å²) in [6.07, 6.45) is 2.11. The minimum Gasteiger partial charge on any atom is -0.378 e. The van der Waals surface area contributed by atoms with Gasteiger partial charge in [-0.2, -0.15) is 10.4 Å². The van der Waals surface area contributed by atoms with Crippen LogP contribution >= 0.6 is 11.3 Å². The van der Waals surface area contributed by atoms with Crippen LogP contribution in [0, 0.1) is 29.5 Å². The summed E-state index contributed by atoms with van der Waals surface area (Å²) in [6, 6.07) is 11.0. The third-order valence-corrected chi connectivity index (χ3v) is 10.2. The lowest BCUT2D eigenvalue weighted by molar-refractivity contribution is -0.0179. The van der Waals surface area contributed by atoms with Crippen LogP contribution in [0.4, 0.5) is 25.8 Å². The number of aromatic nitrogens is 4. The van der Waals surface area contributed by atoms with E-state index in [4.69, 9.17) is 19.8 Å². The fraction of sp³-hybridized carbons (Fsp3) is 0.452. The van der Waals surface area contributed by atoms with Crippen molar-refractivity contribution in [2.75, 3.05) is 69.3 Å². The number of amides is 2. The van der Waals surface area contributed by atoms with Crippen LogP contribution in [0.3, 0.4) is 0 Å².